The predicted octanol–water partition coefficient (Wildman–Crippen LogP) is 2.20. The average Bonchev–Trinajstić information content (AvgIpc) is 2.76. The van der Waals surface area contributed by atoms with Gasteiger partial charge in [0, 0.05) is 18.4 Å². The molecule has 0 saturated carbocycles. The van der Waals surface area contributed by atoms with Crippen LogP contribution in [0.5, 0.6) is 0 Å². The molecule has 0 spiro atoms. The van der Waals surface area contributed by atoms with Crippen LogP contribution in [0, 0.1) is 6.92 Å². The SMILES string of the molecule is COCc1cc(C)nc2c(C(C)(C)C)c(CC(=O)OC)nn12. The summed E-state index contributed by atoms with van der Waals surface area (Å²) in [5.74, 6) is -0.307. The first-order valence-corrected chi connectivity index (χ1v) is 7.22. The highest BCUT2D eigenvalue weighted by molar-refractivity contribution is 5.73. The van der Waals surface area contributed by atoms with E-state index >= 15 is 0 Å². The Bertz CT molecular complexity index is 699. The number of aromatic nitrogens is 3. The maximum Gasteiger partial charge on any atom is 0.311 e. The monoisotopic (exact) mass is 305 g/mol. The van der Waals surface area contributed by atoms with Gasteiger partial charge < -0.3 is 9.47 Å². The van der Waals surface area contributed by atoms with Gasteiger partial charge in [0.1, 0.15) is 0 Å². The van der Waals surface area contributed by atoms with E-state index in [1.165, 1.54) is 7.11 Å². The van der Waals surface area contributed by atoms with Crippen molar-refractivity contribution in [3.8, 4) is 0 Å². The number of fused-ring (bicyclic) bond motifs is 1. The largest absolute Gasteiger partial charge is 0.469 e. The Labute approximate surface area is 130 Å². The lowest BCUT2D eigenvalue weighted by molar-refractivity contribution is -0.139. The molecule has 0 radical (unpaired) electrons. The smallest absolute Gasteiger partial charge is 0.311 e. The Hall–Kier alpha value is -1.95. The van der Waals surface area contributed by atoms with Gasteiger partial charge in [-0.2, -0.15) is 5.10 Å². The molecule has 0 unspecified atom stereocenters. The zero-order valence-corrected chi connectivity index (χ0v) is 14.1. The lowest BCUT2D eigenvalue weighted by atomic mass is 9.86. The fourth-order valence-electron chi connectivity index (χ4n) is 2.61. The molecule has 2 aromatic heterocycles. The molecule has 2 aromatic rings. The third-order valence-corrected chi connectivity index (χ3v) is 3.45. The summed E-state index contributed by atoms with van der Waals surface area (Å²) in [6.07, 6.45) is 0.137. The number of methoxy groups -OCH3 is 2. The van der Waals surface area contributed by atoms with E-state index in [9.17, 15) is 4.79 Å². The van der Waals surface area contributed by atoms with Crippen LogP contribution in [0.2, 0.25) is 0 Å². The molecular weight excluding hydrogens is 282 g/mol. The maximum absolute atomic E-state index is 11.7. The quantitative estimate of drug-likeness (QED) is 0.810. The fourth-order valence-corrected chi connectivity index (χ4v) is 2.61. The molecule has 22 heavy (non-hydrogen) atoms. The van der Waals surface area contributed by atoms with Crippen molar-refractivity contribution in [1.82, 2.24) is 14.6 Å². The highest BCUT2D eigenvalue weighted by Crippen LogP contribution is 2.30. The first kappa shape index (κ1) is 16.4. The molecule has 2 heterocycles. The number of hydrogen-bond acceptors (Lipinski definition) is 5. The summed E-state index contributed by atoms with van der Waals surface area (Å²) >= 11 is 0. The van der Waals surface area contributed by atoms with Crippen molar-refractivity contribution >= 4 is 11.6 Å². The summed E-state index contributed by atoms with van der Waals surface area (Å²) in [6.45, 7) is 8.64. The molecule has 0 bridgehead atoms. The van der Waals surface area contributed by atoms with Crippen molar-refractivity contribution < 1.29 is 14.3 Å². The molecule has 0 amide bonds. The predicted molar refractivity (Wildman–Crippen MR) is 82.9 cm³/mol. The molecule has 0 fully saturated rings. The van der Waals surface area contributed by atoms with Gasteiger partial charge in [0.25, 0.3) is 0 Å². The van der Waals surface area contributed by atoms with Gasteiger partial charge in [-0.05, 0) is 18.4 Å². The minimum Gasteiger partial charge on any atom is -0.469 e. The van der Waals surface area contributed by atoms with Crippen molar-refractivity contribution in [2.45, 2.75) is 46.1 Å². The van der Waals surface area contributed by atoms with Crippen LogP contribution in [0.4, 0.5) is 0 Å². The molecule has 6 heteroatoms. The van der Waals surface area contributed by atoms with Gasteiger partial charge in [-0.25, -0.2) is 9.50 Å². The normalized spacial score (nSPS) is 11.9. The van der Waals surface area contributed by atoms with Crippen LogP contribution in [0.15, 0.2) is 6.07 Å². The van der Waals surface area contributed by atoms with Crippen LogP contribution in [0.3, 0.4) is 0 Å². The third kappa shape index (κ3) is 3.11. The lowest BCUT2D eigenvalue weighted by Gasteiger charge is -2.18. The molecule has 0 atom stereocenters. The summed E-state index contributed by atoms with van der Waals surface area (Å²) in [4.78, 5) is 16.3. The molecule has 0 aliphatic rings. The van der Waals surface area contributed by atoms with Crippen LogP contribution in [-0.4, -0.2) is 34.8 Å². The van der Waals surface area contributed by atoms with Crippen molar-refractivity contribution in [2.24, 2.45) is 0 Å². The molecule has 0 aliphatic heterocycles. The van der Waals surface area contributed by atoms with Gasteiger partial charge in [-0.3, -0.25) is 4.79 Å². The number of aryl methyl sites for hydroxylation is 1. The van der Waals surface area contributed by atoms with Gasteiger partial charge >= 0.3 is 5.97 Å². The number of rotatable bonds is 4. The van der Waals surface area contributed by atoms with Crippen LogP contribution in [-0.2, 0) is 32.7 Å². The zero-order valence-electron chi connectivity index (χ0n) is 14.1. The second-order valence-electron chi connectivity index (χ2n) is 6.38. The molecule has 2 rings (SSSR count). The van der Waals surface area contributed by atoms with Crippen LogP contribution in [0.1, 0.15) is 43.4 Å². The molecule has 120 valence electrons. The molecule has 0 N–H and O–H groups in total. The summed E-state index contributed by atoms with van der Waals surface area (Å²) in [5.41, 5.74) is 4.07. The first-order valence-electron chi connectivity index (χ1n) is 7.22. The lowest BCUT2D eigenvalue weighted by Crippen LogP contribution is -2.16. The van der Waals surface area contributed by atoms with Crippen LogP contribution in [0.25, 0.3) is 5.65 Å². The molecule has 0 saturated heterocycles. The van der Waals surface area contributed by atoms with E-state index in [2.05, 4.69) is 30.9 Å². The van der Waals surface area contributed by atoms with Crippen molar-refractivity contribution in [3.63, 3.8) is 0 Å². The Kier molecular flexibility index (Phi) is 4.51. The molecule has 0 aromatic carbocycles. The van der Waals surface area contributed by atoms with E-state index in [1.54, 1.807) is 11.6 Å². The summed E-state index contributed by atoms with van der Waals surface area (Å²) in [7, 11) is 3.03. The molecular formula is C16H23N3O3. The van der Waals surface area contributed by atoms with Gasteiger partial charge in [-0.15, -0.1) is 0 Å². The number of nitrogens with zero attached hydrogens (tertiary/aromatic N) is 3. The summed E-state index contributed by atoms with van der Waals surface area (Å²) in [6, 6.07) is 1.94. The number of carbonyl (C=O) groups is 1. The second-order valence-corrected chi connectivity index (χ2v) is 6.38. The summed E-state index contributed by atoms with van der Waals surface area (Å²) in [5, 5.41) is 4.60. The number of hydrogen-bond donors (Lipinski definition) is 0. The fraction of sp³-hybridized carbons (Fsp3) is 0.562. The van der Waals surface area contributed by atoms with E-state index in [1.807, 2.05) is 13.0 Å². The Morgan fingerprint density at radius 1 is 1.32 bits per heavy atom. The minimum absolute atomic E-state index is 0.137. The molecule has 0 aliphatic carbocycles. The standard InChI is InChI=1S/C16H23N3O3/c1-10-7-11(9-21-5)19-15(17-10)14(16(2,3)4)12(18-19)8-13(20)22-6/h7H,8-9H2,1-6H3. The van der Waals surface area contributed by atoms with Crippen LogP contribution >= 0.6 is 0 Å². The van der Waals surface area contributed by atoms with Gasteiger partial charge in [0.05, 0.1) is 31.5 Å². The van der Waals surface area contributed by atoms with E-state index in [4.69, 9.17) is 9.47 Å². The highest BCUT2D eigenvalue weighted by atomic mass is 16.5. The average molecular weight is 305 g/mol. The minimum atomic E-state index is -0.307. The van der Waals surface area contributed by atoms with E-state index in [0.717, 1.165) is 22.6 Å². The second kappa shape index (κ2) is 6.04. The van der Waals surface area contributed by atoms with Gasteiger partial charge in [-0.1, -0.05) is 20.8 Å². The Morgan fingerprint density at radius 2 is 2.00 bits per heavy atom. The zero-order chi connectivity index (χ0) is 16.5. The van der Waals surface area contributed by atoms with Crippen molar-refractivity contribution in [3.05, 3.63) is 28.7 Å². The Morgan fingerprint density at radius 3 is 2.55 bits per heavy atom. The topological polar surface area (TPSA) is 65.7 Å². The summed E-state index contributed by atoms with van der Waals surface area (Å²) < 4.78 is 11.8. The van der Waals surface area contributed by atoms with Crippen molar-refractivity contribution in [2.75, 3.05) is 14.2 Å². The van der Waals surface area contributed by atoms with E-state index in [0.29, 0.717) is 12.3 Å². The number of esters is 1. The first-order chi connectivity index (χ1) is 10.3. The third-order valence-electron chi connectivity index (χ3n) is 3.45. The van der Waals surface area contributed by atoms with E-state index < -0.39 is 0 Å². The van der Waals surface area contributed by atoms with Crippen LogP contribution < -0.4 is 0 Å². The number of ether oxygens (including phenoxy) is 2. The van der Waals surface area contributed by atoms with E-state index in [-0.39, 0.29) is 17.8 Å². The van der Waals surface area contributed by atoms with Crippen molar-refractivity contribution in [1.29, 1.82) is 0 Å². The van der Waals surface area contributed by atoms with Gasteiger partial charge in [0.15, 0.2) is 5.65 Å². The Balaban J connectivity index is 2.73. The maximum atomic E-state index is 11.7. The van der Waals surface area contributed by atoms with Gasteiger partial charge in [0.2, 0.25) is 0 Å². The number of carbonyl (C=O) groups excluding carboxylic acids is 1. The highest BCUT2D eigenvalue weighted by Gasteiger charge is 2.27. The molecule has 6 nitrogen and oxygen atoms in total.